The van der Waals surface area contributed by atoms with Crippen LogP contribution in [0.4, 0.5) is 0 Å². The van der Waals surface area contributed by atoms with Crippen LogP contribution in [-0.4, -0.2) is 18.3 Å². The Labute approximate surface area is 685 Å². The van der Waals surface area contributed by atoms with Gasteiger partial charge in [-0.2, -0.15) is 0 Å². The standard InChI is InChI=1S/C106H110N4O8/c1-9-17-25-33-61(34-26-18-10-2)107-99(111)71-49-45-65-67-47-51-73-89-83(105(117)109(101(73)113)63(37-29-21-13-5)38-30-22-14-6)57-79-85-69(77-55-81(103(107)115)87(71)91(65)95(77)97(79)93(67)89)43-41-59-53-60-42-44-70-78-56-82-88-72(100(112)108(104(82)116)62(35-27-19-11-3)36-28-20-12-4)50-46-66-68-48-52-74-90-84(106(118)110(102(74)114)64(39-31-23-15-7)40-32-24-16-8)58-80(86(70)76(60)54-75(59)85)98(94(68)90)96(78)92(66)88/h41-58,61-64H,9-40H2,1-8H3. The minimum atomic E-state index is -0.306. The number of unbranched alkanes of at least 4 members (excludes halogenated alkanes) is 16. The molecule has 0 saturated heterocycles. The first-order valence-electron chi connectivity index (χ1n) is 45.8. The zero-order chi connectivity index (χ0) is 81.4. The molecule has 118 heavy (non-hydrogen) atoms. The largest absolute Gasteiger partial charge is 0.271 e. The summed E-state index contributed by atoms with van der Waals surface area (Å²) in [6, 6.07) is 36.5. The van der Waals surface area contributed by atoms with Crippen LogP contribution in [0.15, 0.2) is 148 Å². The molecule has 0 bridgehead atoms. The van der Waals surface area contributed by atoms with Crippen LogP contribution in [0, 0.1) is 0 Å². The van der Waals surface area contributed by atoms with E-state index >= 15 is 38.4 Å². The van der Waals surface area contributed by atoms with E-state index < -0.39 is 0 Å². The molecule has 15 aromatic carbocycles. The van der Waals surface area contributed by atoms with Crippen molar-refractivity contribution in [2.75, 3.05) is 0 Å². The van der Waals surface area contributed by atoms with Gasteiger partial charge in [0.15, 0.2) is 0 Å². The average Bonchev–Trinajstić information content (AvgIpc) is 0.668. The Hall–Kier alpha value is -10.5. The molecule has 0 radical (unpaired) electrons. The number of hydrogen-bond acceptors (Lipinski definition) is 8. The zero-order valence-electron chi connectivity index (χ0n) is 70.4. The maximum atomic E-state index is 16.4. The first-order valence-corrected chi connectivity index (χ1v) is 45.8. The highest BCUT2D eigenvalue weighted by Gasteiger charge is 2.34. The smallest absolute Gasteiger partial charge is 0.261 e. The van der Waals surface area contributed by atoms with Crippen molar-refractivity contribution in [2.24, 2.45) is 0 Å². The molecule has 0 aliphatic carbocycles. The molecule has 0 amide bonds. The second-order valence-electron chi connectivity index (χ2n) is 35.8. The first-order chi connectivity index (χ1) is 57.7. The van der Waals surface area contributed by atoms with Gasteiger partial charge in [0.2, 0.25) is 0 Å². The fraction of sp³-hybridized carbons (Fsp3) is 0.415. The topological polar surface area (TPSA) is 156 Å². The van der Waals surface area contributed by atoms with E-state index in [-0.39, 0.29) is 68.6 Å². The minimum Gasteiger partial charge on any atom is -0.271 e. The van der Waals surface area contributed by atoms with Gasteiger partial charge in [-0.1, -0.05) is 258 Å². The molecule has 0 fully saturated rings. The summed E-state index contributed by atoms with van der Waals surface area (Å²) in [5.41, 5.74) is -2.23. The molecule has 602 valence electrons. The third-order valence-corrected chi connectivity index (χ3v) is 28.7. The maximum Gasteiger partial charge on any atom is 0.261 e. The Balaban J connectivity index is 1.00. The van der Waals surface area contributed by atoms with Gasteiger partial charge >= 0.3 is 0 Å². The third-order valence-electron chi connectivity index (χ3n) is 28.7. The van der Waals surface area contributed by atoms with Gasteiger partial charge in [-0.25, -0.2) is 0 Å². The Morgan fingerprint density at radius 2 is 0.347 bits per heavy atom. The number of hydrogen-bond donors (Lipinski definition) is 0. The third kappa shape index (κ3) is 11.6. The first kappa shape index (κ1) is 77.5. The summed E-state index contributed by atoms with van der Waals surface area (Å²) in [6.07, 6.45) is 28.9. The van der Waals surface area contributed by atoms with Crippen molar-refractivity contribution in [3.8, 4) is 0 Å². The minimum absolute atomic E-state index is 0.265. The molecule has 4 heterocycles. The molecule has 0 spiro atoms. The zero-order valence-corrected chi connectivity index (χ0v) is 70.4. The molecule has 12 nitrogen and oxygen atoms in total. The average molecular weight is 1570 g/mol. The molecule has 4 aromatic heterocycles. The molecule has 0 saturated carbocycles. The van der Waals surface area contributed by atoms with Gasteiger partial charge in [0.1, 0.15) is 0 Å². The fourth-order valence-electron chi connectivity index (χ4n) is 23.0. The lowest BCUT2D eigenvalue weighted by atomic mass is 9.79. The normalized spacial score (nSPS) is 13.1. The molecule has 12 heteroatoms. The van der Waals surface area contributed by atoms with Gasteiger partial charge in [-0.3, -0.25) is 56.6 Å². The quantitative estimate of drug-likeness (QED) is 0.0213. The van der Waals surface area contributed by atoms with Gasteiger partial charge in [-0.05, 0) is 241 Å². The summed E-state index contributed by atoms with van der Waals surface area (Å²) >= 11 is 0. The molecular weight excluding hydrogens is 1460 g/mol. The molecule has 0 unspecified atom stereocenters. The van der Waals surface area contributed by atoms with Crippen LogP contribution in [0.3, 0.4) is 0 Å². The van der Waals surface area contributed by atoms with Crippen molar-refractivity contribution in [2.45, 2.75) is 285 Å². The van der Waals surface area contributed by atoms with Crippen molar-refractivity contribution < 1.29 is 0 Å². The summed E-state index contributed by atoms with van der Waals surface area (Å²) in [5, 5.41) is 27.1. The molecule has 0 aliphatic heterocycles. The lowest BCUT2D eigenvalue weighted by Gasteiger charge is -2.26. The lowest BCUT2D eigenvalue weighted by molar-refractivity contribution is 0.387. The predicted octanol–water partition coefficient (Wildman–Crippen LogP) is 26.8. The fourth-order valence-corrected chi connectivity index (χ4v) is 23.0. The number of fused-ring (bicyclic) bond motifs is 12. The summed E-state index contributed by atoms with van der Waals surface area (Å²) in [4.78, 5) is 128. The highest BCUT2D eigenvalue weighted by Crippen LogP contribution is 2.56. The number of aromatic nitrogens is 4. The number of rotatable bonds is 36. The van der Waals surface area contributed by atoms with E-state index in [1.54, 1.807) is 18.3 Å². The van der Waals surface area contributed by atoms with Gasteiger partial charge in [-0.15, -0.1) is 0 Å². The van der Waals surface area contributed by atoms with Gasteiger partial charge in [0, 0.05) is 88.8 Å². The van der Waals surface area contributed by atoms with Crippen LogP contribution in [0.1, 0.15) is 285 Å². The van der Waals surface area contributed by atoms with E-state index in [2.05, 4.69) is 140 Å². The van der Waals surface area contributed by atoms with Gasteiger partial charge in [0.05, 0.1) is 0 Å². The predicted molar refractivity (Wildman–Crippen MR) is 502 cm³/mol. The molecule has 0 atom stereocenters. The van der Waals surface area contributed by atoms with E-state index in [0.717, 1.165) is 309 Å². The monoisotopic (exact) mass is 1570 g/mol. The van der Waals surface area contributed by atoms with E-state index in [1.165, 1.54) is 0 Å². The van der Waals surface area contributed by atoms with Crippen LogP contribution in [0.5, 0.6) is 0 Å². The van der Waals surface area contributed by atoms with E-state index in [1.807, 2.05) is 24.3 Å². The molecule has 19 aromatic rings. The van der Waals surface area contributed by atoms with E-state index in [4.69, 9.17) is 0 Å². The lowest BCUT2D eigenvalue weighted by Crippen LogP contribution is -2.37. The maximum absolute atomic E-state index is 16.4. The van der Waals surface area contributed by atoms with Crippen LogP contribution < -0.4 is 44.5 Å². The van der Waals surface area contributed by atoms with Gasteiger partial charge in [0.25, 0.3) is 44.5 Å². The van der Waals surface area contributed by atoms with Crippen molar-refractivity contribution in [3.63, 3.8) is 0 Å². The Morgan fingerprint density at radius 1 is 0.169 bits per heavy atom. The van der Waals surface area contributed by atoms with Crippen LogP contribution in [0.2, 0.25) is 0 Å². The van der Waals surface area contributed by atoms with Gasteiger partial charge < -0.3 is 0 Å². The van der Waals surface area contributed by atoms with Crippen LogP contribution in [-0.2, 0) is 0 Å². The van der Waals surface area contributed by atoms with Crippen molar-refractivity contribution in [1.29, 1.82) is 0 Å². The van der Waals surface area contributed by atoms with Crippen molar-refractivity contribution in [3.05, 3.63) is 192 Å². The van der Waals surface area contributed by atoms with Crippen molar-refractivity contribution >= 4 is 194 Å². The second kappa shape index (κ2) is 31.0. The summed E-state index contributed by atoms with van der Waals surface area (Å²) < 4.78 is 6.48. The Bertz CT molecular complexity index is 7190. The second-order valence-corrected chi connectivity index (χ2v) is 35.8. The van der Waals surface area contributed by atoms with Crippen molar-refractivity contribution in [1.82, 2.24) is 18.3 Å². The molecule has 0 aliphatic rings. The SMILES string of the molecule is CCCCCC(CCCCC)n1c(=O)c2ccc3c4ccc5c(=O)n(C(CCCCC)CCCCC)c(=O)c6cc7c8c9cc%10c(ccc%11c%12cc%13c(=O)n(C(CCCCC)CCCCC)c(=O)c%14ccc%15c%16ccc%17c(=O)n(C(CCCCC)CCCCC)c(=O)c%18cc(c%10%11)c(c%16c%17%18)c%12c%15c%14%13)cc9ccc8c8cc(c1=O)c2c3c8c7c4c56. The van der Waals surface area contributed by atoms with E-state index in [0.29, 0.717) is 90.3 Å². The van der Waals surface area contributed by atoms with Crippen LogP contribution in [0.25, 0.3) is 194 Å². The Morgan fingerprint density at radius 3 is 0.585 bits per heavy atom. The number of benzene rings is 15. The Kier molecular flexibility index (Phi) is 20.4. The summed E-state index contributed by atoms with van der Waals surface area (Å²) in [5.74, 6) is 0. The number of nitrogens with zero attached hydrogens (tertiary/aromatic N) is 4. The summed E-state index contributed by atoms with van der Waals surface area (Å²) in [7, 11) is 0. The summed E-state index contributed by atoms with van der Waals surface area (Å²) in [6.45, 7) is 17.5. The van der Waals surface area contributed by atoms with E-state index in [9.17, 15) is 0 Å². The molecule has 19 rings (SSSR count). The molecular formula is C106H110N4O8. The molecule has 0 N–H and O–H groups in total. The highest BCUT2D eigenvalue weighted by atomic mass is 16.2. The highest BCUT2D eigenvalue weighted by molar-refractivity contribution is 6.53. The number of pyridine rings is 4. The van der Waals surface area contributed by atoms with Crippen LogP contribution >= 0.6 is 0 Å².